The van der Waals surface area contributed by atoms with Crippen LogP contribution in [0.4, 0.5) is 0 Å². The third kappa shape index (κ3) is 1.95. The first kappa shape index (κ1) is 11.5. The molecule has 2 heterocycles. The number of nitrogens with zero attached hydrogens (tertiary/aromatic N) is 1. The summed E-state index contributed by atoms with van der Waals surface area (Å²) >= 11 is 3.15. The predicted octanol–water partition coefficient (Wildman–Crippen LogP) is 2.45. The summed E-state index contributed by atoms with van der Waals surface area (Å²) in [5, 5.41) is 0. The Morgan fingerprint density at radius 2 is 2.22 bits per heavy atom. The van der Waals surface area contributed by atoms with Gasteiger partial charge in [-0.15, -0.1) is 0 Å². The summed E-state index contributed by atoms with van der Waals surface area (Å²) in [5.74, 6) is 1.66. The quantitative estimate of drug-likeness (QED) is 0.880. The second kappa shape index (κ2) is 4.57. The molecule has 0 radical (unpaired) electrons. The molecule has 0 saturated carbocycles. The van der Waals surface area contributed by atoms with E-state index < -0.39 is 0 Å². The zero-order valence-corrected chi connectivity index (χ0v) is 11.1. The summed E-state index contributed by atoms with van der Waals surface area (Å²) < 4.78 is 6.05. The zero-order valence-electron chi connectivity index (χ0n) is 9.52. The van der Waals surface area contributed by atoms with Crippen molar-refractivity contribution in [1.29, 1.82) is 0 Å². The lowest BCUT2D eigenvalue weighted by Crippen LogP contribution is -2.20. The number of aromatic amines is 1. The first-order valence-corrected chi connectivity index (χ1v) is 6.51. The maximum absolute atomic E-state index is 11.6. The van der Waals surface area contributed by atoms with Gasteiger partial charge in [-0.05, 0) is 28.4 Å². The van der Waals surface area contributed by atoms with Crippen molar-refractivity contribution in [3.8, 4) is 5.75 Å². The van der Waals surface area contributed by atoms with Crippen molar-refractivity contribution in [3.63, 3.8) is 0 Å². The molecule has 18 heavy (non-hydrogen) atoms. The van der Waals surface area contributed by atoms with Gasteiger partial charge in [-0.25, -0.2) is 4.98 Å². The summed E-state index contributed by atoms with van der Waals surface area (Å²) in [4.78, 5) is 18.7. The fourth-order valence-electron chi connectivity index (χ4n) is 2.20. The number of halogens is 1. The lowest BCUT2D eigenvalue weighted by molar-refractivity contribution is 0.274. The van der Waals surface area contributed by atoms with Crippen molar-refractivity contribution in [3.05, 3.63) is 56.7 Å². The Bertz CT molecular complexity index is 639. The van der Waals surface area contributed by atoms with Crippen LogP contribution in [-0.4, -0.2) is 16.6 Å². The molecule has 2 aromatic rings. The number of nitrogens with one attached hydrogen (secondary N) is 1. The summed E-state index contributed by atoms with van der Waals surface area (Å²) in [5.41, 5.74) is 0.929. The number of fused-ring (bicyclic) bond motifs is 1. The van der Waals surface area contributed by atoms with Gasteiger partial charge in [-0.2, -0.15) is 0 Å². The van der Waals surface area contributed by atoms with Crippen LogP contribution in [0.1, 0.15) is 23.7 Å². The SMILES string of the molecule is O=c1[nH]c(C2CCOc3ccccc32)ncc1Br. The predicted molar refractivity (Wildman–Crippen MR) is 71.0 cm³/mol. The van der Waals surface area contributed by atoms with Gasteiger partial charge < -0.3 is 9.72 Å². The van der Waals surface area contributed by atoms with E-state index in [9.17, 15) is 4.79 Å². The molecule has 1 aromatic carbocycles. The molecule has 5 heteroatoms. The van der Waals surface area contributed by atoms with Crippen LogP contribution in [0, 0.1) is 0 Å². The van der Waals surface area contributed by atoms with Crippen molar-refractivity contribution >= 4 is 15.9 Å². The molecule has 1 atom stereocenters. The van der Waals surface area contributed by atoms with Crippen LogP contribution in [0.3, 0.4) is 0 Å². The van der Waals surface area contributed by atoms with Gasteiger partial charge >= 0.3 is 0 Å². The molecule has 1 aliphatic rings. The van der Waals surface area contributed by atoms with E-state index in [2.05, 4.69) is 25.9 Å². The molecule has 92 valence electrons. The smallest absolute Gasteiger partial charge is 0.265 e. The van der Waals surface area contributed by atoms with Crippen molar-refractivity contribution < 1.29 is 4.74 Å². The molecular formula is C13H11BrN2O2. The average molecular weight is 307 g/mol. The number of para-hydroxylation sites is 1. The Kier molecular flexibility index (Phi) is 2.91. The Morgan fingerprint density at radius 1 is 1.39 bits per heavy atom. The molecule has 1 N–H and O–H groups in total. The topological polar surface area (TPSA) is 55.0 Å². The van der Waals surface area contributed by atoms with Crippen LogP contribution in [0.25, 0.3) is 0 Å². The van der Waals surface area contributed by atoms with E-state index in [1.807, 2.05) is 24.3 Å². The highest BCUT2D eigenvalue weighted by molar-refractivity contribution is 9.10. The third-order valence-electron chi connectivity index (χ3n) is 3.06. The van der Waals surface area contributed by atoms with Crippen LogP contribution in [0.15, 0.2) is 39.7 Å². The second-order valence-electron chi connectivity index (χ2n) is 4.17. The van der Waals surface area contributed by atoms with E-state index in [1.54, 1.807) is 6.20 Å². The molecule has 0 spiro atoms. The fourth-order valence-corrected chi connectivity index (χ4v) is 2.40. The maximum atomic E-state index is 11.6. The van der Waals surface area contributed by atoms with Crippen molar-refractivity contribution in [2.45, 2.75) is 12.3 Å². The molecule has 4 nitrogen and oxygen atoms in total. The minimum absolute atomic E-state index is 0.0933. The van der Waals surface area contributed by atoms with Gasteiger partial charge in [-0.1, -0.05) is 18.2 Å². The van der Waals surface area contributed by atoms with Gasteiger partial charge in [-0.3, -0.25) is 4.79 Å². The normalized spacial score (nSPS) is 17.9. The molecule has 1 aromatic heterocycles. The number of hydrogen-bond donors (Lipinski definition) is 1. The number of rotatable bonds is 1. The van der Waals surface area contributed by atoms with Gasteiger partial charge in [0.2, 0.25) is 0 Å². The Balaban J connectivity index is 2.08. The van der Waals surface area contributed by atoms with Gasteiger partial charge in [0.1, 0.15) is 16.0 Å². The van der Waals surface area contributed by atoms with Gasteiger partial charge in [0, 0.05) is 17.7 Å². The highest BCUT2D eigenvalue weighted by Crippen LogP contribution is 2.35. The van der Waals surface area contributed by atoms with Crippen LogP contribution in [0.2, 0.25) is 0 Å². The number of hydrogen-bond acceptors (Lipinski definition) is 3. The van der Waals surface area contributed by atoms with E-state index in [-0.39, 0.29) is 11.5 Å². The molecule has 0 aliphatic carbocycles. The monoisotopic (exact) mass is 306 g/mol. The Labute approximate surface area is 112 Å². The molecule has 0 bridgehead atoms. The van der Waals surface area contributed by atoms with E-state index in [1.165, 1.54) is 0 Å². The molecule has 1 unspecified atom stereocenters. The Morgan fingerprint density at radius 3 is 3.06 bits per heavy atom. The zero-order chi connectivity index (χ0) is 12.5. The lowest BCUT2D eigenvalue weighted by Gasteiger charge is -2.24. The first-order chi connectivity index (χ1) is 8.75. The molecular weight excluding hydrogens is 296 g/mol. The van der Waals surface area contributed by atoms with E-state index in [4.69, 9.17) is 4.74 Å². The van der Waals surface area contributed by atoms with E-state index >= 15 is 0 Å². The summed E-state index contributed by atoms with van der Waals surface area (Å²) in [6.07, 6.45) is 2.37. The molecule has 3 rings (SSSR count). The molecule has 1 aliphatic heterocycles. The number of ether oxygens (including phenoxy) is 1. The summed E-state index contributed by atoms with van der Waals surface area (Å²) in [6.45, 7) is 0.640. The fraction of sp³-hybridized carbons (Fsp3) is 0.231. The van der Waals surface area contributed by atoms with E-state index in [0.29, 0.717) is 16.9 Å². The van der Waals surface area contributed by atoms with Crippen molar-refractivity contribution in [1.82, 2.24) is 9.97 Å². The minimum Gasteiger partial charge on any atom is -0.493 e. The molecule has 0 fully saturated rings. The van der Waals surface area contributed by atoms with Gasteiger partial charge in [0.15, 0.2) is 0 Å². The van der Waals surface area contributed by atoms with E-state index in [0.717, 1.165) is 17.7 Å². The summed E-state index contributed by atoms with van der Waals surface area (Å²) in [6, 6.07) is 7.87. The molecule has 0 amide bonds. The van der Waals surface area contributed by atoms with Gasteiger partial charge in [0.25, 0.3) is 5.56 Å². The van der Waals surface area contributed by atoms with Crippen LogP contribution in [0.5, 0.6) is 5.75 Å². The number of benzene rings is 1. The first-order valence-electron chi connectivity index (χ1n) is 5.72. The largest absolute Gasteiger partial charge is 0.493 e. The number of aromatic nitrogens is 2. The Hall–Kier alpha value is -1.62. The second-order valence-corrected chi connectivity index (χ2v) is 5.03. The maximum Gasteiger partial charge on any atom is 0.265 e. The average Bonchev–Trinajstić information content (AvgIpc) is 2.41. The summed E-state index contributed by atoms with van der Waals surface area (Å²) in [7, 11) is 0. The van der Waals surface area contributed by atoms with Crippen LogP contribution >= 0.6 is 15.9 Å². The standard InChI is InChI=1S/C13H11BrN2O2/c14-10-7-15-12(16-13(10)17)9-5-6-18-11-4-2-1-3-8(9)11/h1-4,7,9H,5-6H2,(H,15,16,17). The van der Waals surface area contributed by atoms with Crippen molar-refractivity contribution in [2.75, 3.05) is 6.61 Å². The molecule has 0 saturated heterocycles. The van der Waals surface area contributed by atoms with Gasteiger partial charge in [0.05, 0.1) is 6.61 Å². The highest BCUT2D eigenvalue weighted by Gasteiger charge is 2.24. The van der Waals surface area contributed by atoms with Crippen molar-refractivity contribution in [2.24, 2.45) is 0 Å². The van der Waals surface area contributed by atoms with Crippen LogP contribution in [-0.2, 0) is 0 Å². The third-order valence-corrected chi connectivity index (χ3v) is 3.63. The minimum atomic E-state index is -0.149. The highest BCUT2D eigenvalue weighted by atomic mass is 79.9. The number of H-pyrrole nitrogens is 1. The van der Waals surface area contributed by atoms with Crippen LogP contribution < -0.4 is 10.3 Å². The lowest BCUT2D eigenvalue weighted by atomic mass is 9.92.